The van der Waals surface area contributed by atoms with Gasteiger partial charge < -0.3 is 15.1 Å². The van der Waals surface area contributed by atoms with E-state index in [9.17, 15) is 18.0 Å². The van der Waals surface area contributed by atoms with Crippen molar-refractivity contribution in [1.29, 1.82) is 0 Å². The number of fused-ring (bicyclic) bond motifs is 2. The summed E-state index contributed by atoms with van der Waals surface area (Å²) in [5.74, 6) is 0.0735. The van der Waals surface area contributed by atoms with Crippen LogP contribution in [0.25, 0.3) is 11.0 Å². The first-order valence-electron chi connectivity index (χ1n) is 11.6. The minimum Gasteiger partial charge on any atom is -0.451 e. The number of furan rings is 1. The molecule has 34 heavy (non-hydrogen) atoms. The van der Waals surface area contributed by atoms with Crippen LogP contribution in [0.2, 0.25) is 0 Å². The Bertz CT molecular complexity index is 1420. The molecule has 2 amide bonds. The van der Waals surface area contributed by atoms with Crippen LogP contribution in [0.15, 0.2) is 22.6 Å². The minimum atomic E-state index is -3.11. The Balaban J connectivity index is 1.47. The molecule has 0 spiro atoms. The van der Waals surface area contributed by atoms with Gasteiger partial charge in [-0.2, -0.15) is 0 Å². The monoisotopic (exact) mass is 500 g/mol. The summed E-state index contributed by atoms with van der Waals surface area (Å²) < 4.78 is 29.6. The van der Waals surface area contributed by atoms with Crippen LogP contribution >= 0.6 is 11.3 Å². The standard InChI is InChI=1S/C25H28N2O5S2/c1-13-4-6-17-15(3)22(32-19(17)10-13)24(29)27-25-21(18-7-5-14(2)11-20(18)33-25)23(28)26-16-8-9-34(30,31)12-16/h4,6,10,14,16H,5,7-9,11-12H2,1-3H3,(H,26,28)(H,27,29)/t14-,16+/m1/s1. The molecule has 2 aliphatic rings. The number of thiophene rings is 1. The number of hydrogen-bond donors (Lipinski definition) is 2. The Labute approximate surface area is 202 Å². The maximum atomic E-state index is 13.3. The van der Waals surface area contributed by atoms with Crippen molar-refractivity contribution in [2.75, 3.05) is 16.8 Å². The number of carbonyl (C=O) groups is 2. The van der Waals surface area contributed by atoms with Crippen LogP contribution in [0.5, 0.6) is 0 Å². The predicted octanol–water partition coefficient (Wildman–Crippen LogP) is 4.41. The second kappa shape index (κ2) is 8.53. The number of rotatable bonds is 4. The van der Waals surface area contributed by atoms with Crippen LogP contribution in [-0.2, 0) is 22.7 Å². The van der Waals surface area contributed by atoms with Crippen molar-refractivity contribution in [1.82, 2.24) is 5.32 Å². The van der Waals surface area contributed by atoms with Crippen molar-refractivity contribution in [3.8, 4) is 0 Å². The fourth-order valence-electron chi connectivity index (χ4n) is 4.95. The van der Waals surface area contributed by atoms with Gasteiger partial charge in [-0.1, -0.05) is 19.1 Å². The van der Waals surface area contributed by atoms with E-state index in [0.717, 1.165) is 46.2 Å². The Hall–Kier alpha value is -2.65. The van der Waals surface area contributed by atoms with Gasteiger partial charge in [-0.3, -0.25) is 9.59 Å². The average Bonchev–Trinajstić information content (AvgIpc) is 3.39. The van der Waals surface area contributed by atoms with Crippen LogP contribution in [0.1, 0.15) is 62.2 Å². The molecule has 0 unspecified atom stereocenters. The SMILES string of the molecule is Cc1ccc2c(C)c(C(=O)Nc3sc4c(c3C(=O)N[C@H]3CCS(=O)(=O)C3)CC[C@@H](C)C4)oc2c1. The van der Waals surface area contributed by atoms with E-state index < -0.39 is 21.8 Å². The van der Waals surface area contributed by atoms with Gasteiger partial charge >= 0.3 is 0 Å². The topological polar surface area (TPSA) is 105 Å². The molecule has 1 saturated heterocycles. The number of carbonyl (C=O) groups excluding carboxylic acids is 2. The van der Waals surface area contributed by atoms with Crippen LogP contribution < -0.4 is 10.6 Å². The van der Waals surface area contributed by atoms with Gasteiger partial charge in [0.2, 0.25) is 0 Å². The van der Waals surface area contributed by atoms with Crippen molar-refractivity contribution < 1.29 is 22.4 Å². The Kier molecular flexibility index (Phi) is 5.80. The number of amides is 2. The smallest absolute Gasteiger partial charge is 0.292 e. The summed E-state index contributed by atoms with van der Waals surface area (Å²) in [6.45, 7) is 6.00. The zero-order chi connectivity index (χ0) is 24.2. The van der Waals surface area contributed by atoms with Gasteiger partial charge in [-0.15, -0.1) is 11.3 Å². The molecule has 9 heteroatoms. The van der Waals surface area contributed by atoms with Gasteiger partial charge in [0.15, 0.2) is 15.6 Å². The summed E-state index contributed by atoms with van der Waals surface area (Å²) >= 11 is 1.44. The maximum absolute atomic E-state index is 13.3. The van der Waals surface area contributed by atoms with Crippen molar-refractivity contribution >= 4 is 49.0 Å². The third-order valence-corrected chi connectivity index (χ3v) is 9.77. The lowest BCUT2D eigenvalue weighted by Crippen LogP contribution is -2.36. The quantitative estimate of drug-likeness (QED) is 0.552. The van der Waals surface area contributed by atoms with E-state index in [1.165, 1.54) is 11.3 Å². The zero-order valence-electron chi connectivity index (χ0n) is 19.5. The summed E-state index contributed by atoms with van der Waals surface area (Å²) in [6.07, 6.45) is 3.00. The number of aryl methyl sites for hydroxylation is 2. The number of sulfone groups is 1. The van der Waals surface area contributed by atoms with E-state index in [4.69, 9.17) is 4.42 Å². The van der Waals surface area contributed by atoms with Crippen LogP contribution in [0, 0.1) is 19.8 Å². The highest BCUT2D eigenvalue weighted by Gasteiger charge is 2.33. The molecule has 1 fully saturated rings. The molecule has 1 aromatic carbocycles. The molecular weight excluding hydrogens is 472 g/mol. The minimum absolute atomic E-state index is 0.0403. The Morgan fingerprint density at radius 3 is 2.68 bits per heavy atom. The first-order chi connectivity index (χ1) is 16.1. The van der Waals surface area contributed by atoms with E-state index >= 15 is 0 Å². The fourth-order valence-corrected chi connectivity index (χ4v) is 8.03. The van der Waals surface area contributed by atoms with Gasteiger partial charge in [0.25, 0.3) is 11.8 Å². The van der Waals surface area contributed by atoms with Gasteiger partial charge in [-0.05, 0) is 62.6 Å². The molecule has 0 radical (unpaired) electrons. The van der Waals surface area contributed by atoms with Crippen LogP contribution in [0.4, 0.5) is 5.00 Å². The van der Waals surface area contributed by atoms with E-state index in [1.807, 2.05) is 32.0 Å². The maximum Gasteiger partial charge on any atom is 0.292 e. The normalized spacial score (nSPS) is 21.4. The average molecular weight is 501 g/mol. The lowest BCUT2D eigenvalue weighted by molar-refractivity contribution is 0.0941. The van der Waals surface area contributed by atoms with Gasteiger partial charge in [0.1, 0.15) is 10.6 Å². The predicted molar refractivity (Wildman–Crippen MR) is 134 cm³/mol. The molecule has 2 aromatic heterocycles. The molecule has 1 aliphatic heterocycles. The van der Waals surface area contributed by atoms with E-state index in [1.54, 1.807) is 0 Å². The van der Waals surface area contributed by atoms with Gasteiger partial charge in [-0.25, -0.2) is 8.42 Å². The molecule has 2 N–H and O–H groups in total. The summed E-state index contributed by atoms with van der Waals surface area (Å²) in [5.41, 5.74) is 3.89. The number of benzene rings is 1. The van der Waals surface area contributed by atoms with Gasteiger partial charge in [0.05, 0.1) is 17.1 Å². The highest BCUT2D eigenvalue weighted by atomic mass is 32.2. The first-order valence-corrected chi connectivity index (χ1v) is 14.2. The second-order valence-corrected chi connectivity index (χ2v) is 13.0. The highest BCUT2D eigenvalue weighted by Crippen LogP contribution is 2.40. The van der Waals surface area contributed by atoms with Crippen LogP contribution in [0.3, 0.4) is 0 Å². The molecule has 180 valence electrons. The molecule has 1 aliphatic carbocycles. The van der Waals surface area contributed by atoms with Gasteiger partial charge in [0, 0.05) is 21.9 Å². The lowest BCUT2D eigenvalue weighted by atomic mass is 9.88. The second-order valence-electron chi connectivity index (χ2n) is 9.64. The third kappa shape index (κ3) is 4.27. The third-order valence-electron chi connectivity index (χ3n) is 6.83. The molecule has 5 rings (SSSR count). The van der Waals surface area contributed by atoms with Crippen molar-refractivity contribution in [2.24, 2.45) is 5.92 Å². The van der Waals surface area contributed by atoms with E-state index in [0.29, 0.717) is 28.5 Å². The molecule has 3 heterocycles. The van der Waals surface area contributed by atoms with E-state index in [2.05, 4.69) is 17.6 Å². The van der Waals surface area contributed by atoms with Crippen molar-refractivity contribution in [3.63, 3.8) is 0 Å². The molecule has 3 aromatic rings. The zero-order valence-corrected chi connectivity index (χ0v) is 21.1. The lowest BCUT2D eigenvalue weighted by Gasteiger charge is -2.19. The van der Waals surface area contributed by atoms with E-state index in [-0.39, 0.29) is 23.2 Å². The summed E-state index contributed by atoms with van der Waals surface area (Å²) in [7, 11) is -3.11. The molecule has 7 nitrogen and oxygen atoms in total. The van der Waals surface area contributed by atoms with Crippen molar-refractivity contribution in [2.45, 2.75) is 52.5 Å². The number of nitrogens with one attached hydrogen (secondary N) is 2. The Morgan fingerprint density at radius 1 is 1.15 bits per heavy atom. The largest absolute Gasteiger partial charge is 0.451 e. The number of hydrogen-bond acceptors (Lipinski definition) is 6. The molecule has 0 bridgehead atoms. The number of anilines is 1. The molecule has 0 saturated carbocycles. The molecule has 2 atom stereocenters. The van der Waals surface area contributed by atoms with Crippen LogP contribution in [-0.4, -0.2) is 37.8 Å². The highest BCUT2D eigenvalue weighted by molar-refractivity contribution is 7.91. The first kappa shape index (κ1) is 23.1. The fraction of sp³-hybridized carbons (Fsp3) is 0.440. The van der Waals surface area contributed by atoms with Crippen molar-refractivity contribution in [3.05, 3.63) is 51.1 Å². The summed E-state index contributed by atoms with van der Waals surface area (Å²) in [4.78, 5) is 27.7. The molecular formula is C25H28N2O5S2. The summed E-state index contributed by atoms with van der Waals surface area (Å²) in [5, 5.41) is 7.23. The summed E-state index contributed by atoms with van der Waals surface area (Å²) in [6, 6.07) is 5.42. The Morgan fingerprint density at radius 2 is 1.94 bits per heavy atom.